The fourth-order valence-corrected chi connectivity index (χ4v) is 3.65. The van der Waals surface area contributed by atoms with Crippen LogP contribution in [-0.4, -0.2) is 56.0 Å². The summed E-state index contributed by atoms with van der Waals surface area (Å²) in [6, 6.07) is 15.8. The largest absolute Gasteiger partial charge is 0.378 e. The number of pyridine rings is 1. The van der Waals surface area contributed by atoms with Crippen LogP contribution in [0.4, 0.5) is 17.5 Å². The van der Waals surface area contributed by atoms with E-state index in [1.807, 2.05) is 48.5 Å². The van der Waals surface area contributed by atoms with Gasteiger partial charge in [-0.1, -0.05) is 26.8 Å². The predicted molar refractivity (Wildman–Crippen MR) is 132 cm³/mol. The van der Waals surface area contributed by atoms with Gasteiger partial charge in [-0.3, -0.25) is 0 Å². The van der Waals surface area contributed by atoms with E-state index in [1.54, 1.807) is 17.2 Å². The molecule has 0 aliphatic carbocycles. The van der Waals surface area contributed by atoms with Crippen LogP contribution in [0.3, 0.4) is 0 Å². The molecule has 0 amide bonds. The van der Waals surface area contributed by atoms with Crippen molar-refractivity contribution in [3.63, 3.8) is 0 Å². The lowest BCUT2D eigenvalue weighted by atomic mass is 9.96. The highest BCUT2D eigenvalue weighted by molar-refractivity contribution is 5.61. The molecule has 4 aromatic rings. The van der Waals surface area contributed by atoms with Gasteiger partial charge in [0.25, 0.3) is 0 Å². The highest BCUT2D eigenvalue weighted by Gasteiger charge is 2.19. The Morgan fingerprint density at radius 2 is 1.65 bits per heavy atom. The molecular formula is C25H28N8O. The molecule has 0 atom stereocenters. The summed E-state index contributed by atoms with van der Waals surface area (Å²) in [5.41, 5.74) is 3.30. The second-order valence-electron chi connectivity index (χ2n) is 9.18. The van der Waals surface area contributed by atoms with Crippen molar-refractivity contribution in [1.82, 2.24) is 29.7 Å². The Bertz CT molecular complexity index is 1260. The van der Waals surface area contributed by atoms with Crippen molar-refractivity contribution in [2.45, 2.75) is 26.2 Å². The number of hydrogen-bond acceptors (Lipinski definition) is 8. The number of nitrogens with zero attached hydrogens (tertiary/aromatic N) is 7. The van der Waals surface area contributed by atoms with E-state index in [2.05, 4.69) is 51.0 Å². The first-order valence-corrected chi connectivity index (χ1v) is 11.4. The SMILES string of the molecule is CC(C)(C)c1ncn(-c2ccc(Nc3nccc(-c4cccc(N5CCOCC5)n4)n3)cc2)n1. The molecule has 174 valence electrons. The van der Waals surface area contributed by atoms with Crippen molar-refractivity contribution in [3.05, 3.63) is 66.9 Å². The minimum Gasteiger partial charge on any atom is -0.378 e. The molecular weight excluding hydrogens is 428 g/mol. The van der Waals surface area contributed by atoms with E-state index in [0.717, 1.165) is 60.7 Å². The summed E-state index contributed by atoms with van der Waals surface area (Å²) in [6.45, 7) is 9.43. The molecule has 1 saturated heterocycles. The van der Waals surface area contributed by atoms with Crippen LogP contribution in [0, 0.1) is 0 Å². The van der Waals surface area contributed by atoms with Crippen LogP contribution in [-0.2, 0) is 10.2 Å². The van der Waals surface area contributed by atoms with Crippen LogP contribution >= 0.6 is 0 Å². The summed E-state index contributed by atoms with van der Waals surface area (Å²) >= 11 is 0. The Kier molecular flexibility index (Phi) is 5.93. The summed E-state index contributed by atoms with van der Waals surface area (Å²) in [5, 5.41) is 7.87. The molecule has 0 spiro atoms. The molecule has 0 bridgehead atoms. The van der Waals surface area contributed by atoms with E-state index in [1.165, 1.54) is 0 Å². The number of nitrogens with one attached hydrogen (secondary N) is 1. The minimum atomic E-state index is -0.0916. The maximum atomic E-state index is 5.45. The van der Waals surface area contributed by atoms with Gasteiger partial charge in [-0.15, -0.1) is 0 Å². The van der Waals surface area contributed by atoms with Gasteiger partial charge in [0, 0.05) is 30.4 Å². The van der Waals surface area contributed by atoms with Gasteiger partial charge in [-0.05, 0) is 42.5 Å². The normalized spacial score (nSPS) is 14.3. The molecule has 3 aromatic heterocycles. The quantitative estimate of drug-likeness (QED) is 0.482. The van der Waals surface area contributed by atoms with E-state index < -0.39 is 0 Å². The van der Waals surface area contributed by atoms with Gasteiger partial charge < -0.3 is 15.0 Å². The molecule has 0 radical (unpaired) electrons. The lowest BCUT2D eigenvalue weighted by Gasteiger charge is -2.28. The number of morpholine rings is 1. The molecule has 0 unspecified atom stereocenters. The van der Waals surface area contributed by atoms with Gasteiger partial charge in [0.05, 0.1) is 30.3 Å². The zero-order valence-electron chi connectivity index (χ0n) is 19.6. The minimum absolute atomic E-state index is 0.0916. The van der Waals surface area contributed by atoms with Gasteiger partial charge in [-0.25, -0.2) is 24.6 Å². The van der Waals surface area contributed by atoms with Crippen molar-refractivity contribution in [2.75, 3.05) is 36.5 Å². The number of rotatable bonds is 5. The van der Waals surface area contributed by atoms with Gasteiger partial charge in [0.2, 0.25) is 5.95 Å². The molecule has 0 saturated carbocycles. The van der Waals surface area contributed by atoms with Crippen molar-refractivity contribution in [1.29, 1.82) is 0 Å². The zero-order valence-corrected chi connectivity index (χ0v) is 19.6. The van der Waals surface area contributed by atoms with Crippen molar-refractivity contribution in [3.8, 4) is 17.1 Å². The molecule has 34 heavy (non-hydrogen) atoms. The van der Waals surface area contributed by atoms with Crippen LogP contribution < -0.4 is 10.2 Å². The molecule has 5 rings (SSSR count). The standard InChI is InChI=1S/C25H28N8O/c1-25(2,3)23-27-17-33(31-23)19-9-7-18(8-10-19)28-24-26-12-11-21(30-24)20-5-4-6-22(29-20)32-13-15-34-16-14-32/h4-12,17H,13-16H2,1-3H3,(H,26,28,30). The lowest BCUT2D eigenvalue weighted by Crippen LogP contribution is -2.36. The Labute approximate surface area is 198 Å². The zero-order chi connectivity index (χ0) is 23.5. The average Bonchev–Trinajstić information content (AvgIpc) is 3.37. The first-order chi connectivity index (χ1) is 16.5. The van der Waals surface area contributed by atoms with Gasteiger partial charge >= 0.3 is 0 Å². The molecule has 4 heterocycles. The maximum absolute atomic E-state index is 5.45. The van der Waals surface area contributed by atoms with Crippen LogP contribution in [0.1, 0.15) is 26.6 Å². The predicted octanol–water partition coefficient (Wildman–Crippen LogP) is 4.00. The van der Waals surface area contributed by atoms with Crippen molar-refractivity contribution in [2.24, 2.45) is 0 Å². The van der Waals surface area contributed by atoms with Gasteiger partial charge in [-0.2, -0.15) is 5.10 Å². The van der Waals surface area contributed by atoms with E-state index in [4.69, 9.17) is 9.72 Å². The first kappa shape index (κ1) is 22.0. The Balaban J connectivity index is 1.31. The smallest absolute Gasteiger partial charge is 0.227 e. The molecule has 9 heteroatoms. The molecule has 9 nitrogen and oxygen atoms in total. The van der Waals surface area contributed by atoms with Crippen LogP contribution in [0.2, 0.25) is 0 Å². The third-order valence-corrected chi connectivity index (χ3v) is 5.54. The van der Waals surface area contributed by atoms with Gasteiger partial charge in [0.15, 0.2) is 5.82 Å². The summed E-state index contributed by atoms with van der Waals surface area (Å²) in [7, 11) is 0. The maximum Gasteiger partial charge on any atom is 0.227 e. The van der Waals surface area contributed by atoms with E-state index in [9.17, 15) is 0 Å². The highest BCUT2D eigenvalue weighted by atomic mass is 16.5. The second kappa shape index (κ2) is 9.18. The van der Waals surface area contributed by atoms with Crippen LogP contribution in [0.15, 0.2) is 61.1 Å². The Morgan fingerprint density at radius 3 is 2.38 bits per heavy atom. The topological polar surface area (TPSA) is 93.9 Å². The molecule has 1 aromatic carbocycles. The fourth-order valence-electron chi connectivity index (χ4n) is 3.65. The number of hydrogen-bond donors (Lipinski definition) is 1. The Hall–Kier alpha value is -3.85. The third-order valence-electron chi connectivity index (χ3n) is 5.54. The monoisotopic (exact) mass is 456 g/mol. The van der Waals surface area contributed by atoms with Gasteiger partial charge in [0.1, 0.15) is 12.1 Å². The second-order valence-corrected chi connectivity index (χ2v) is 9.18. The Morgan fingerprint density at radius 1 is 0.882 bits per heavy atom. The van der Waals surface area contributed by atoms with E-state index in [0.29, 0.717) is 5.95 Å². The summed E-state index contributed by atoms with van der Waals surface area (Å²) in [6.07, 6.45) is 3.49. The van der Waals surface area contributed by atoms with Crippen molar-refractivity contribution >= 4 is 17.5 Å². The summed E-state index contributed by atoms with van der Waals surface area (Å²) in [4.78, 5) is 20.5. The third kappa shape index (κ3) is 4.89. The average molecular weight is 457 g/mol. The van der Waals surface area contributed by atoms with Crippen LogP contribution in [0.5, 0.6) is 0 Å². The number of anilines is 3. The first-order valence-electron chi connectivity index (χ1n) is 11.4. The molecule has 1 N–H and O–H groups in total. The lowest BCUT2D eigenvalue weighted by molar-refractivity contribution is 0.122. The highest BCUT2D eigenvalue weighted by Crippen LogP contribution is 2.23. The van der Waals surface area contributed by atoms with Crippen molar-refractivity contribution < 1.29 is 4.74 Å². The molecule has 1 aliphatic heterocycles. The summed E-state index contributed by atoms with van der Waals surface area (Å²) < 4.78 is 7.24. The number of benzene rings is 1. The number of ether oxygens (including phenoxy) is 1. The fraction of sp³-hybridized carbons (Fsp3) is 0.320. The summed E-state index contributed by atoms with van der Waals surface area (Å²) in [5.74, 6) is 2.26. The number of aromatic nitrogens is 6. The molecule has 1 aliphatic rings. The van der Waals surface area contributed by atoms with E-state index >= 15 is 0 Å². The molecule has 1 fully saturated rings. The van der Waals surface area contributed by atoms with E-state index in [-0.39, 0.29) is 5.41 Å². The van der Waals surface area contributed by atoms with Crippen LogP contribution in [0.25, 0.3) is 17.1 Å².